The highest BCUT2D eigenvalue weighted by molar-refractivity contribution is 5.85. The van der Waals surface area contributed by atoms with Crippen LogP contribution in [0.15, 0.2) is 30.3 Å². The standard InChI is InChI=1S/C33H57N3O3.ClH/c1-35-25-27-36(28-26-35)32(37)24-23-31(29-34-33(38)39)22-16-13-11-9-7-5-3-2-4-6-8-10-12-15-19-30-20-17-14-18-21-30;/h14,17-18,20-21,31,34H,2-13,15-16,19,22-29H2,1H3,(H,38,39);1H. The van der Waals surface area contributed by atoms with Crippen LogP contribution in [0.25, 0.3) is 0 Å². The van der Waals surface area contributed by atoms with Gasteiger partial charge in [-0.3, -0.25) is 4.79 Å². The van der Waals surface area contributed by atoms with Crippen molar-refractivity contribution in [2.75, 3.05) is 39.8 Å². The lowest BCUT2D eigenvalue weighted by Crippen LogP contribution is -2.47. The summed E-state index contributed by atoms with van der Waals surface area (Å²) in [5.74, 6) is 0.476. The molecular formula is C33H58ClN3O3. The SMILES string of the molecule is CN1CCN(C(=O)CCC(CCCCCCCCCCCCCCCCc2ccccc2)CNC(=O)O)CC1.Cl. The molecule has 0 saturated carbocycles. The molecule has 1 aromatic carbocycles. The fourth-order valence-corrected chi connectivity index (χ4v) is 5.65. The first-order valence-corrected chi connectivity index (χ1v) is 16.0. The fraction of sp³-hybridized carbons (Fsp3) is 0.758. The molecule has 1 atom stereocenters. The summed E-state index contributed by atoms with van der Waals surface area (Å²) in [6, 6.07) is 10.8. The number of carboxylic acid groups (broad SMARTS) is 1. The van der Waals surface area contributed by atoms with Gasteiger partial charge in [-0.1, -0.05) is 114 Å². The third-order valence-electron chi connectivity index (χ3n) is 8.34. The maximum atomic E-state index is 12.6. The van der Waals surface area contributed by atoms with Gasteiger partial charge in [0.25, 0.3) is 0 Å². The van der Waals surface area contributed by atoms with E-state index in [-0.39, 0.29) is 24.2 Å². The lowest BCUT2D eigenvalue weighted by atomic mass is 9.95. The second kappa shape index (κ2) is 23.9. The predicted octanol–water partition coefficient (Wildman–Crippen LogP) is 7.94. The predicted molar refractivity (Wildman–Crippen MR) is 169 cm³/mol. The van der Waals surface area contributed by atoms with E-state index in [2.05, 4.69) is 47.6 Å². The maximum Gasteiger partial charge on any atom is 0.404 e. The second-order valence-corrected chi connectivity index (χ2v) is 11.7. The normalized spacial score (nSPS) is 14.5. The number of hydrogen-bond donors (Lipinski definition) is 2. The molecule has 6 nitrogen and oxygen atoms in total. The number of aryl methyl sites for hydroxylation is 1. The number of hydrogen-bond acceptors (Lipinski definition) is 3. The Balaban J connectivity index is 0.00000800. The van der Waals surface area contributed by atoms with E-state index in [0.717, 1.165) is 45.4 Å². The Hall–Kier alpha value is -1.79. The van der Waals surface area contributed by atoms with Gasteiger partial charge in [-0.25, -0.2) is 4.79 Å². The van der Waals surface area contributed by atoms with Crippen molar-refractivity contribution in [3.8, 4) is 0 Å². The third-order valence-corrected chi connectivity index (χ3v) is 8.34. The molecule has 0 aliphatic carbocycles. The first-order valence-electron chi connectivity index (χ1n) is 16.0. The molecular weight excluding hydrogens is 522 g/mol. The molecule has 0 spiro atoms. The number of likely N-dealkylation sites (N-methyl/N-ethyl adjacent to an activating group) is 1. The van der Waals surface area contributed by atoms with Gasteiger partial charge in [0.1, 0.15) is 0 Å². The van der Waals surface area contributed by atoms with E-state index in [4.69, 9.17) is 5.11 Å². The number of nitrogens with zero attached hydrogens (tertiary/aromatic N) is 2. The summed E-state index contributed by atoms with van der Waals surface area (Å²) < 4.78 is 0. The number of unbranched alkanes of at least 4 members (excludes halogenated alkanes) is 13. The summed E-state index contributed by atoms with van der Waals surface area (Å²) in [5, 5.41) is 11.6. The first kappa shape index (κ1) is 36.2. The largest absolute Gasteiger partial charge is 0.465 e. The minimum absolute atomic E-state index is 0. The van der Waals surface area contributed by atoms with Crippen LogP contribution < -0.4 is 5.32 Å². The van der Waals surface area contributed by atoms with Crippen molar-refractivity contribution < 1.29 is 14.7 Å². The number of piperazine rings is 1. The minimum atomic E-state index is -0.968. The number of benzene rings is 1. The van der Waals surface area contributed by atoms with Crippen molar-refractivity contribution >= 4 is 24.4 Å². The molecule has 0 radical (unpaired) electrons. The monoisotopic (exact) mass is 579 g/mol. The van der Waals surface area contributed by atoms with Crippen molar-refractivity contribution in [2.24, 2.45) is 5.92 Å². The van der Waals surface area contributed by atoms with Gasteiger partial charge in [0, 0.05) is 39.1 Å². The molecule has 1 fully saturated rings. The molecule has 1 aliphatic rings. The van der Waals surface area contributed by atoms with Crippen LogP contribution in [0, 0.1) is 5.92 Å². The molecule has 2 rings (SSSR count). The number of rotatable bonds is 22. The van der Waals surface area contributed by atoms with Crippen molar-refractivity contribution in [2.45, 2.75) is 116 Å². The highest BCUT2D eigenvalue weighted by atomic mass is 35.5. The highest BCUT2D eigenvalue weighted by Crippen LogP contribution is 2.19. The van der Waals surface area contributed by atoms with Gasteiger partial charge in [0.05, 0.1) is 0 Å². The fourth-order valence-electron chi connectivity index (χ4n) is 5.65. The summed E-state index contributed by atoms with van der Waals surface area (Å²) >= 11 is 0. The summed E-state index contributed by atoms with van der Waals surface area (Å²) in [7, 11) is 2.09. The maximum absolute atomic E-state index is 12.6. The number of nitrogens with one attached hydrogen (secondary N) is 1. The molecule has 7 heteroatoms. The van der Waals surface area contributed by atoms with Crippen LogP contribution in [-0.2, 0) is 11.2 Å². The minimum Gasteiger partial charge on any atom is -0.465 e. The molecule has 40 heavy (non-hydrogen) atoms. The number of carbonyl (C=O) groups is 2. The Morgan fingerprint density at radius 2 is 1.25 bits per heavy atom. The van der Waals surface area contributed by atoms with Crippen molar-refractivity contribution in [3.05, 3.63) is 35.9 Å². The Morgan fingerprint density at radius 1 is 0.750 bits per heavy atom. The van der Waals surface area contributed by atoms with Crippen molar-refractivity contribution in [1.29, 1.82) is 0 Å². The average molecular weight is 580 g/mol. The molecule has 1 saturated heterocycles. The van der Waals surface area contributed by atoms with Gasteiger partial charge in [-0.05, 0) is 44.2 Å². The zero-order chi connectivity index (χ0) is 28.0. The molecule has 1 heterocycles. The van der Waals surface area contributed by atoms with E-state index >= 15 is 0 Å². The van der Waals surface area contributed by atoms with Gasteiger partial charge in [0.15, 0.2) is 0 Å². The topological polar surface area (TPSA) is 72.9 Å². The Bertz CT molecular complexity index is 757. The zero-order valence-corrected chi connectivity index (χ0v) is 26.1. The van der Waals surface area contributed by atoms with Crippen LogP contribution in [0.4, 0.5) is 4.79 Å². The first-order chi connectivity index (χ1) is 19.0. The van der Waals surface area contributed by atoms with Crippen LogP contribution >= 0.6 is 12.4 Å². The van der Waals surface area contributed by atoms with Gasteiger partial charge in [0.2, 0.25) is 5.91 Å². The van der Waals surface area contributed by atoms with E-state index in [9.17, 15) is 9.59 Å². The van der Waals surface area contributed by atoms with Gasteiger partial charge in [-0.2, -0.15) is 0 Å². The van der Waals surface area contributed by atoms with Crippen LogP contribution in [-0.4, -0.2) is 66.7 Å². The molecule has 1 aliphatic heterocycles. The summed E-state index contributed by atoms with van der Waals surface area (Å²) in [5.41, 5.74) is 1.47. The Morgan fingerprint density at radius 3 is 1.77 bits per heavy atom. The Kier molecular flexibility index (Phi) is 21.6. The molecule has 2 amide bonds. The molecule has 230 valence electrons. The van der Waals surface area contributed by atoms with E-state index < -0.39 is 6.09 Å². The van der Waals surface area contributed by atoms with Crippen molar-refractivity contribution in [3.63, 3.8) is 0 Å². The van der Waals surface area contributed by atoms with Gasteiger partial charge >= 0.3 is 6.09 Å². The summed E-state index contributed by atoms with van der Waals surface area (Å²) in [4.78, 5) is 27.8. The molecule has 0 bridgehead atoms. The van der Waals surface area contributed by atoms with Crippen LogP contribution in [0.5, 0.6) is 0 Å². The van der Waals surface area contributed by atoms with E-state index in [1.165, 1.54) is 95.5 Å². The molecule has 1 aromatic rings. The molecule has 2 N–H and O–H groups in total. The van der Waals surface area contributed by atoms with Gasteiger partial charge < -0.3 is 20.2 Å². The molecule has 1 unspecified atom stereocenters. The summed E-state index contributed by atoms with van der Waals surface area (Å²) in [6.45, 7) is 3.95. The number of amides is 2. The third kappa shape index (κ3) is 18.5. The lowest BCUT2D eigenvalue weighted by molar-refractivity contribution is -0.133. The smallest absolute Gasteiger partial charge is 0.404 e. The quantitative estimate of drug-likeness (QED) is 0.137. The zero-order valence-electron chi connectivity index (χ0n) is 25.3. The molecule has 0 aromatic heterocycles. The van der Waals surface area contributed by atoms with Crippen LogP contribution in [0.3, 0.4) is 0 Å². The van der Waals surface area contributed by atoms with E-state index in [1.807, 2.05) is 4.90 Å². The average Bonchev–Trinajstić information content (AvgIpc) is 2.94. The highest BCUT2D eigenvalue weighted by Gasteiger charge is 2.20. The van der Waals surface area contributed by atoms with Gasteiger partial charge in [-0.15, -0.1) is 12.4 Å². The van der Waals surface area contributed by atoms with E-state index in [0.29, 0.717) is 13.0 Å². The van der Waals surface area contributed by atoms with Crippen LogP contribution in [0.2, 0.25) is 0 Å². The van der Waals surface area contributed by atoms with E-state index in [1.54, 1.807) is 0 Å². The van der Waals surface area contributed by atoms with Crippen molar-refractivity contribution in [1.82, 2.24) is 15.1 Å². The second-order valence-electron chi connectivity index (χ2n) is 11.7. The van der Waals surface area contributed by atoms with Crippen LogP contribution in [0.1, 0.15) is 115 Å². The number of halogens is 1. The number of carbonyl (C=O) groups excluding carboxylic acids is 1. The summed E-state index contributed by atoms with van der Waals surface area (Å²) in [6.07, 6.45) is 21.2. The Labute approximate surface area is 251 Å². The lowest BCUT2D eigenvalue weighted by Gasteiger charge is -2.32.